The number of amides is 2. The van der Waals surface area contributed by atoms with E-state index < -0.39 is 0 Å². The normalized spacial score (nSPS) is 19.0. The lowest BCUT2D eigenvalue weighted by Gasteiger charge is -2.12. The molecule has 0 spiro atoms. The van der Waals surface area contributed by atoms with E-state index in [1.807, 2.05) is 31.2 Å². The van der Waals surface area contributed by atoms with Crippen molar-refractivity contribution in [2.45, 2.75) is 25.9 Å². The summed E-state index contributed by atoms with van der Waals surface area (Å²) in [6.07, 6.45) is 0.901. The third kappa shape index (κ3) is 3.46. The van der Waals surface area contributed by atoms with Crippen LogP contribution in [0.4, 0.5) is 4.79 Å². The van der Waals surface area contributed by atoms with Crippen LogP contribution in [0.3, 0.4) is 0 Å². The van der Waals surface area contributed by atoms with Crippen LogP contribution in [0, 0.1) is 6.92 Å². The van der Waals surface area contributed by atoms with Gasteiger partial charge in [-0.3, -0.25) is 0 Å². The maximum Gasteiger partial charge on any atom is 0.315 e. The average molecular weight is 234 g/mol. The Morgan fingerprint density at radius 2 is 2.29 bits per heavy atom. The Morgan fingerprint density at radius 1 is 1.47 bits per heavy atom. The van der Waals surface area contributed by atoms with Crippen molar-refractivity contribution in [1.29, 1.82) is 0 Å². The van der Waals surface area contributed by atoms with Crippen molar-refractivity contribution in [3.05, 3.63) is 35.4 Å². The number of hydrogen-bond acceptors (Lipinski definition) is 2. The van der Waals surface area contributed by atoms with E-state index in [0.29, 0.717) is 13.2 Å². The zero-order valence-corrected chi connectivity index (χ0v) is 10.0. The molecule has 0 aromatic heterocycles. The van der Waals surface area contributed by atoms with Gasteiger partial charge in [-0.1, -0.05) is 24.3 Å². The molecule has 2 rings (SSSR count). The second-order valence-corrected chi connectivity index (χ2v) is 4.31. The molecule has 92 valence electrons. The highest BCUT2D eigenvalue weighted by Crippen LogP contribution is 2.06. The van der Waals surface area contributed by atoms with Crippen molar-refractivity contribution in [3.63, 3.8) is 0 Å². The molecule has 2 amide bonds. The molecule has 0 radical (unpaired) electrons. The van der Waals surface area contributed by atoms with Gasteiger partial charge in [-0.2, -0.15) is 0 Å². The summed E-state index contributed by atoms with van der Waals surface area (Å²) in [6, 6.07) is 8.07. The minimum Gasteiger partial charge on any atom is -0.379 e. The van der Waals surface area contributed by atoms with Gasteiger partial charge in [-0.15, -0.1) is 0 Å². The Labute approximate surface area is 101 Å². The SMILES string of the molecule is Cc1ccccc1CNC(=O)NC1CCOC1. The molecule has 2 N–H and O–H groups in total. The molecular formula is C13H18N2O2. The largest absolute Gasteiger partial charge is 0.379 e. The molecule has 1 fully saturated rings. The molecule has 0 bridgehead atoms. The quantitative estimate of drug-likeness (QED) is 0.834. The van der Waals surface area contributed by atoms with Crippen LogP contribution in [-0.4, -0.2) is 25.3 Å². The molecule has 1 aromatic rings. The smallest absolute Gasteiger partial charge is 0.315 e. The third-order valence-electron chi connectivity index (χ3n) is 2.97. The van der Waals surface area contributed by atoms with Crippen LogP contribution in [0.25, 0.3) is 0 Å². The maximum absolute atomic E-state index is 11.6. The monoisotopic (exact) mass is 234 g/mol. The number of carbonyl (C=O) groups excluding carboxylic acids is 1. The molecule has 1 saturated heterocycles. The van der Waals surface area contributed by atoms with Gasteiger partial charge < -0.3 is 15.4 Å². The fourth-order valence-corrected chi connectivity index (χ4v) is 1.87. The summed E-state index contributed by atoms with van der Waals surface area (Å²) in [5.74, 6) is 0. The van der Waals surface area contributed by atoms with E-state index in [9.17, 15) is 4.79 Å². The molecule has 1 unspecified atom stereocenters. The summed E-state index contributed by atoms with van der Waals surface area (Å²) in [5.41, 5.74) is 2.34. The van der Waals surface area contributed by atoms with Crippen molar-refractivity contribution < 1.29 is 9.53 Å². The van der Waals surface area contributed by atoms with Crippen LogP contribution < -0.4 is 10.6 Å². The molecule has 4 heteroatoms. The van der Waals surface area contributed by atoms with Crippen LogP contribution >= 0.6 is 0 Å². The predicted molar refractivity (Wildman–Crippen MR) is 65.8 cm³/mol. The maximum atomic E-state index is 11.6. The predicted octanol–water partition coefficient (Wildman–Crippen LogP) is 1.58. The van der Waals surface area contributed by atoms with E-state index in [0.717, 1.165) is 18.6 Å². The molecule has 0 aliphatic carbocycles. The molecule has 0 saturated carbocycles. The molecular weight excluding hydrogens is 216 g/mol. The lowest BCUT2D eigenvalue weighted by molar-refractivity contribution is 0.188. The van der Waals surface area contributed by atoms with Crippen molar-refractivity contribution in [1.82, 2.24) is 10.6 Å². The van der Waals surface area contributed by atoms with Crippen LogP contribution in [-0.2, 0) is 11.3 Å². The number of nitrogens with one attached hydrogen (secondary N) is 2. The Hall–Kier alpha value is -1.55. The fourth-order valence-electron chi connectivity index (χ4n) is 1.87. The van der Waals surface area contributed by atoms with Gasteiger partial charge in [0.25, 0.3) is 0 Å². The van der Waals surface area contributed by atoms with Crippen molar-refractivity contribution in [3.8, 4) is 0 Å². The Balaban J connectivity index is 1.77. The second-order valence-electron chi connectivity index (χ2n) is 4.31. The third-order valence-corrected chi connectivity index (χ3v) is 2.97. The first-order valence-corrected chi connectivity index (χ1v) is 5.92. The number of hydrogen-bond donors (Lipinski definition) is 2. The van der Waals surface area contributed by atoms with Crippen molar-refractivity contribution in [2.75, 3.05) is 13.2 Å². The highest BCUT2D eigenvalue weighted by molar-refractivity contribution is 5.74. The Kier molecular flexibility index (Phi) is 3.98. The first kappa shape index (κ1) is 11.9. The van der Waals surface area contributed by atoms with Gasteiger partial charge in [0.1, 0.15) is 0 Å². The summed E-state index contributed by atoms with van der Waals surface area (Å²) in [7, 11) is 0. The molecule has 1 aliphatic heterocycles. The summed E-state index contributed by atoms with van der Waals surface area (Å²) in [6.45, 7) is 3.96. The number of rotatable bonds is 3. The molecule has 1 heterocycles. The zero-order chi connectivity index (χ0) is 12.1. The van der Waals surface area contributed by atoms with Crippen LogP contribution in [0.2, 0.25) is 0 Å². The van der Waals surface area contributed by atoms with Gasteiger partial charge in [0, 0.05) is 13.2 Å². The first-order chi connectivity index (χ1) is 8.25. The standard InChI is InChI=1S/C13H18N2O2/c1-10-4-2-3-5-11(10)8-14-13(16)15-12-6-7-17-9-12/h2-5,12H,6-9H2,1H3,(H2,14,15,16). The van der Waals surface area contributed by atoms with Crippen LogP contribution in [0.5, 0.6) is 0 Å². The lowest BCUT2D eigenvalue weighted by atomic mass is 10.1. The average Bonchev–Trinajstić information content (AvgIpc) is 2.81. The topological polar surface area (TPSA) is 50.4 Å². The second kappa shape index (κ2) is 5.68. The number of carbonyl (C=O) groups is 1. The number of ether oxygens (including phenoxy) is 1. The highest BCUT2D eigenvalue weighted by atomic mass is 16.5. The molecule has 1 aromatic carbocycles. The highest BCUT2D eigenvalue weighted by Gasteiger charge is 2.17. The zero-order valence-electron chi connectivity index (χ0n) is 10.0. The van der Waals surface area contributed by atoms with Gasteiger partial charge >= 0.3 is 6.03 Å². The lowest BCUT2D eigenvalue weighted by Crippen LogP contribution is -2.42. The minimum absolute atomic E-state index is 0.122. The number of urea groups is 1. The molecule has 1 aliphatic rings. The van der Waals surface area contributed by atoms with E-state index in [1.165, 1.54) is 5.56 Å². The van der Waals surface area contributed by atoms with Crippen molar-refractivity contribution in [2.24, 2.45) is 0 Å². The fraction of sp³-hybridized carbons (Fsp3) is 0.462. The Bertz CT molecular complexity index is 387. The number of benzene rings is 1. The van der Waals surface area contributed by atoms with Gasteiger partial charge in [-0.05, 0) is 24.5 Å². The first-order valence-electron chi connectivity index (χ1n) is 5.92. The summed E-state index contributed by atoms with van der Waals surface area (Å²) in [5, 5.41) is 5.75. The van der Waals surface area contributed by atoms with Crippen LogP contribution in [0.15, 0.2) is 24.3 Å². The van der Waals surface area contributed by atoms with Crippen molar-refractivity contribution >= 4 is 6.03 Å². The Morgan fingerprint density at radius 3 is 3.00 bits per heavy atom. The minimum atomic E-state index is -0.122. The number of aryl methyl sites for hydroxylation is 1. The van der Waals surface area contributed by atoms with E-state index in [-0.39, 0.29) is 12.1 Å². The van der Waals surface area contributed by atoms with E-state index >= 15 is 0 Å². The van der Waals surface area contributed by atoms with Gasteiger partial charge in [0.15, 0.2) is 0 Å². The van der Waals surface area contributed by atoms with Gasteiger partial charge in [0.05, 0.1) is 12.6 Å². The summed E-state index contributed by atoms with van der Waals surface area (Å²) in [4.78, 5) is 11.6. The molecule has 4 nitrogen and oxygen atoms in total. The van der Waals surface area contributed by atoms with Crippen LogP contribution in [0.1, 0.15) is 17.5 Å². The summed E-state index contributed by atoms with van der Waals surface area (Å²) < 4.78 is 5.20. The van der Waals surface area contributed by atoms with E-state index in [4.69, 9.17) is 4.74 Å². The van der Waals surface area contributed by atoms with Gasteiger partial charge in [-0.25, -0.2) is 4.79 Å². The molecule has 17 heavy (non-hydrogen) atoms. The molecule has 1 atom stereocenters. The van der Waals surface area contributed by atoms with E-state index in [2.05, 4.69) is 10.6 Å². The summed E-state index contributed by atoms with van der Waals surface area (Å²) >= 11 is 0. The van der Waals surface area contributed by atoms with E-state index in [1.54, 1.807) is 0 Å². The van der Waals surface area contributed by atoms with Gasteiger partial charge in [0.2, 0.25) is 0 Å².